The summed E-state index contributed by atoms with van der Waals surface area (Å²) in [6.07, 6.45) is 1.80. The van der Waals surface area contributed by atoms with Crippen molar-refractivity contribution < 1.29 is 14.2 Å². The smallest absolute Gasteiger partial charge is 0.274 e. The average Bonchev–Trinajstić information content (AvgIpc) is 3.10. The molecule has 3 heterocycles. The van der Waals surface area contributed by atoms with Gasteiger partial charge >= 0.3 is 0 Å². The highest BCUT2D eigenvalue weighted by atomic mass is 16.5. The number of benzene rings is 1. The molecule has 0 atom stereocenters. The van der Waals surface area contributed by atoms with Crippen molar-refractivity contribution in [3.63, 3.8) is 0 Å². The van der Waals surface area contributed by atoms with Gasteiger partial charge in [-0.3, -0.25) is 4.79 Å². The van der Waals surface area contributed by atoms with Crippen molar-refractivity contribution in [3.05, 3.63) is 40.3 Å². The van der Waals surface area contributed by atoms with Crippen molar-refractivity contribution >= 4 is 33.7 Å². The minimum Gasteiger partial charge on any atom is -0.493 e. The van der Waals surface area contributed by atoms with Gasteiger partial charge in [-0.15, -0.1) is 0 Å². The lowest BCUT2D eigenvalue weighted by molar-refractivity contribution is 0.323. The molecule has 1 aromatic carbocycles. The number of nitrogens with zero attached hydrogens (tertiary/aromatic N) is 3. The predicted octanol–water partition coefficient (Wildman–Crippen LogP) is 1.51. The standard InChI is InChI=1S/C19H20N6O4/c1-27-11-6-9(7-12(28-2)15(11)29-3)8-25-5-4-10-13-16(20)22-19(21)24-17(13)23-18(26)14(10)25/h4-7H,8H2,1-3H3,(H5,20,21,22,23,24,26). The zero-order valence-electron chi connectivity index (χ0n) is 16.1. The Morgan fingerprint density at radius 2 is 1.76 bits per heavy atom. The number of H-pyrrole nitrogens is 1. The summed E-state index contributed by atoms with van der Waals surface area (Å²) in [5.74, 6) is 1.78. The lowest BCUT2D eigenvalue weighted by Gasteiger charge is -2.15. The number of pyridine rings is 1. The maximum Gasteiger partial charge on any atom is 0.274 e. The summed E-state index contributed by atoms with van der Waals surface area (Å²) in [5.41, 5.74) is 13.0. The number of rotatable bonds is 5. The van der Waals surface area contributed by atoms with E-state index in [2.05, 4.69) is 15.0 Å². The fraction of sp³-hybridized carbons (Fsp3) is 0.211. The Morgan fingerprint density at radius 1 is 1.07 bits per heavy atom. The number of methoxy groups -OCH3 is 3. The topological polar surface area (TPSA) is 143 Å². The van der Waals surface area contributed by atoms with Crippen LogP contribution in [0.2, 0.25) is 0 Å². The molecule has 0 bridgehead atoms. The Labute approximate surface area is 165 Å². The molecule has 0 unspecified atom stereocenters. The molecule has 0 spiro atoms. The SMILES string of the molecule is COc1cc(Cn2ccc3c4c(N)nc(N)nc4[nH]c(=O)c32)cc(OC)c1OC. The Morgan fingerprint density at radius 3 is 2.38 bits per heavy atom. The summed E-state index contributed by atoms with van der Waals surface area (Å²) >= 11 is 0. The number of fused-ring (bicyclic) bond motifs is 3. The molecule has 29 heavy (non-hydrogen) atoms. The molecule has 0 saturated heterocycles. The van der Waals surface area contributed by atoms with E-state index in [1.54, 1.807) is 33.6 Å². The number of nitrogens with two attached hydrogens (primary N) is 2. The molecule has 4 aromatic rings. The molecule has 5 N–H and O–H groups in total. The first kappa shape index (κ1) is 18.4. The third-order valence-electron chi connectivity index (χ3n) is 4.71. The van der Waals surface area contributed by atoms with Crippen LogP contribution < -0.4 is 31.2 Å². The Balaban J connectivity index is 1.88. The number of hydrogen-bond acceptors (Lipinski definition) is 8. The molecule has 0 saturated carbocycles. The summed E-state index contributed by atoms with van der Waals surface area (Å²) in [4.78, 5) is 23.6. The first-order chi connectivity index (χ1) is 14.0. The number of aromatic nitrogens is 4. The number of ether oxygens (including phenoxy) is 3. The van der Waals surface area contributed by atoms with Crippen molar-refractivity contribution in [1.82, 2.24) is 19.5 Å². The minimum absolute atomic E-state index is 0.00172. The van der Waals surface area contributed by atoms with Gasteiger partial charge in [0.2, 0.25) is 11.7 Å². The van der Waals surface area contributed by atoms with Gasteiger partial charge in [-0.2, -0.15) is 9.97 Å². The Kier molecular flexibility index (Phi) is 4.38. The first-order valence-corrected chi connectivity index (χ1v) is 8.69. The highest BCUT2D eigenvalue weighted by Gasteiger charge is 2.17. The lowest BCUT2D eigenvalue weighted by atomic mass is 10.1. The van der Waals surface area contributed by atoms with Gasteiger partial charge in [-0.25, -0.2) is 0 Å². The van der Waals surface area contributed by atoms with Gasteiger partial charge in [-0.1, -0.05) is 0 Å². The fourth-order valence-corrected chi connectivity index (χ4v) is 3.50. The molecule has 10 nitrogen and oxygen atoms in total. The van der Waals surface area contributed by atoms with Crippen molar-refractivity contribution in [2.24, 2.45) is 0 Å². The molecule has 3 aromatic heterocycles. The molecule has 0 radical (unpaired) electrons. The van der Waals surface area contributed by atoms with Gasteiger partial charge in [0.25, 0.3) is 5.56 Å². The Bertz CT molecular complexity index is 1270. The van der Waals surface area contributed by atoms with Crippen LogP contribution in [0.15, 0.2) is 29.2 Å². The third-order valence-corrected chi connectivity index (χ3v) is 4.71. The second-order valence-corrected chi connectivity index (χ2v) is 6.38. The van der Waals surface area contributed by atoms with Gasteiger partial charge < -0.3 is 35.2 Å². The second-order valence-electron chi connectivity index (χ2n) is 6.38. The summed E-state index contributed by atoms with van der Waals surface area (Å²) < 4.78 is 18.0. The average molecular weight is 396 g/mol. The fourth-order valence-electron chi connectivity index (χ4n) is 3.50. The molecule has 4 rings (SSSR count). The molecule has 0 aliphatic rings. The summed E-state index contributed by atoms with van der Waals surface area (Å²) in [7, 11) is 4.65. The molecule has 0 aliphatic heterocycles. The van der Waals surface area contributed by atoms with Crippen LogP contribution in [-0.4, -0.2) is 40.8 Å². The van der Waals surface area contributed by atoms with E-state index in [1.165, 1.54) is 0 Å². The van der Waals surface area contributed by atoms with Crippen LogP contribution in [0.3, 0.4) is 0 Å². The molecule has 10 heteroatoms. The number of hydrogen-bond donors (Lipinski definition) is 3. The van der Waals surface area contributed by atoms with Crippen molar-refractivity contribution in [1.29, 1.82) is 0 Å². The maximum atomic E-state index is 12.7. The molecule has 0 amide bonds. The summed E-state index contributed by atoms with van der Waals surface area (Å²) in [5, 5.41) is 1.20. The van der Waals surface area contributed by atoms with Gasteiger partial charge in [0.05, 0.1) is 26.7 Å². The normalized spacial score (nSPS) is 11.1. The highest BCUT2D eigenvalue weighted by Crippen LogP contribution is 2.38. The first-order valence-electron chi connectivity index (χ1n) is 8.69. The van der Waals surface area contributed by atoms with E-state index in [0.717, 1.165) is 5.56 Å². The van der Waals surface area contributed by atoms with E-state index in [9.17, 15) is 4.79 Å². The van der Waals surface area contributed by atoms with Gasteiger partial charge in [0.15, 0.2) is 11.5 Å². The number of anilines is 2. The zero-order chi connectivity index (χ0) is 20.7. The van der Waals surface area contributed by atoms with Crippen LogP contribution in [0.25, 0.3) is 21.9 Å². The van der Waals surface area contributed by atoms with Crippen molar-refractivity contribution in [3.8, 4) is 17.2 Å². The zero-order valence-corrected chi connectivity index (χ0v) is 16.1. The van der Waals surface area contributed by atoms with Crippen LogP contribution in [0.1, 0.15) is 5.56 Å². The number of nitrogens with one attached hydrogen (secondary N) is 1. The maximum absolute atomic E-state index is 12.7. The largest absolute Gasteiger partial charge is 0.493 e. The quantitative estimate of drug-likeness (QED) is 0.460. The van der Waals surface area contributed by atoms with Gasteiger partial charge in [0.1, 0.15) is 17.0 Å². The van der Waals surface area contributed by atoms with E-state index in [-0.39, 0.29) is 17.3 Å². The van der Waals surface area contributed by atoms with E-state index in [4.69, 9.17) is 25.7 Å². The molecule has 0 fully saturated rings. The van der Waals surface area contributed by atoms with Crippen molar-refractivity contribution in [2.45, 2.75) is 6.54 Å². The predicted molar refractivity (Wildman–Crippen MR) is 110 cm³/mol. The van der Waals surface area contributed by atoms with Crippen LogP contribution in [0.5, 0.6) is 17.2 Å². The van der Waals surface area contributed by atoms with Crippen LogP contribution >= 0.6 is 0 Å². The third kappa shape index (κ3) is 2.94. The summed E-state index contributed by atoms with van der Waals surface area (Å²) in [6, 6.07) is 5.47. The molecule has 0 aliphatic carbocycles. The molecular weight excluding hydrogens is 376 g/mol. The van der Waals surface area contributed by atoms with Crippen LogP contribution in [-0.2, 0) is 6.54 Å². The van der Waals surface area contributed by atoms with Gasteiger partial charge in [-0.05, 0) is 23.8 Å². The minimum atomic E-state index is -0.303. The molecular formula is C19H20N6O4. The van der Waals surface area contributed by atoms with Crippen LogP contribution in [0.4, 0.5) is 11.8 Å². The lowest BCUT2D eigenvalue weighted by Crippen LogP contribution is -2.14. The van der Waals surface area contributed by atoms with E-state index in [0.29, 0.717) is 45.7 Å². The second kappa shape index (κ2) is 6.89. The summed E-state index contributed by atoms with van der Waals surface area (Å²) in [6.45, 7) is 0.393. The van der Waals surface area contributed by atoms with E-state index >= 15 is 0 Å². The van der Waals surface area contributed by atoms with Gasteiger partial charge in [0, 0.05) is 18.1 Å². The number of nitrogen functional groups attached to an aromatic ring is 2. The number of aromatic amines is 1. The highest BCUT2D eigenvalue weighted by molar-refractivity contribution is 6.08. The molecule has 150 valence electrons. The van der Waals surface area contributed by atoms with E-state index < -0.39 is 0 Å². The van der Waals surface area contributed by atoms with E-state index in [1.807, 2.05) is 16.7 Å². The monoisotopic (exact) mass is 396 g/mol. The Hall–Kier alpha value is -3.95. The van der Waals surface area contributed by atoms with Crippen molar-refractivity contribution in [2.75, 3.05) is 32.8 Å². The van der Waals surface area contributed by atoms with Crippen LogP contribution in [0, 0.1) is 0 Å².